The molecule has 0 aliphatic carbocycles. The summed E-state index contributed by atoms with van der Waals surface area (Å²) in [6, 6.07) is 4.74. The van der Waals surface area contributed by atoms with Crippen molar-refractivity contribution in [2.75, 3.05) is 13.2 Å². The fraction of sp³-hybridized carbons (Fsp3) is 0.529. The van der Waals surface area contributed by atoms with Gasteiger partial charge in [-0.15, -0.1) is 11.3 Å². The molecule has 0 bridgehead atoms. The Morgan fingerprint density at radius 2 is 2.41 bits per heavy atom. The zero-order valence-corrected chi connectivity index (χ0v) is 13.7. The summed E-state index contributed by atoms with van der Waals surface area (Å²) in [4.78, 5) is 3.02. The van der Waals surface area contributed by atoms with E-state index >= 15 is 0 Å². The van der Waals surface area contributed by atoms with Crippen LogP contribution in [0.5, 0.6) is 0 Å². The molecule has 0 amide bonds. The Hall–Kier alpha value is -1.30. The van der Waals surface area contributed by atoms with Crippen LogP contribution in [0.4, 0.5) is 0 Å². The van der Waals surface area contributed by atoms with E-state index in [1.54, 1.807) is 6.20 Å². The predicted molar refractivity (Wildman–Crippen MR) is 87.0 cm³/mol. The van der Waals surface area contributed by atoms with E-state index < -0.39 is 0 Å². The molecular weight excluding hydrogens is 294 g/mol. The fourth-order valence-electron chi connectivity index (χ4n) is 3.72. The van der Waals surface area contributed by atoms with Crippen molar-refractivity contribution in [2.24, 2.45) is 0 Å². The molecule has 2 aliphatic heterocycles. The smallest absolute Gasteiger partial charge is 0.0972 e. The van der Waals surface area contributed by atoms with E-state index in [0.29, 0.717) is 6.04 Å². The van der Waals surface area contributed by atoms with Gasteiger partial charge in [-0.2, -0.15) is 10.2 Å². The van der Waals surface area contributed by atoms with Gasteiger partial charge in [0.15, 0.2) is 0 Å². The summed E-state index contributed by atoms with van der Waals surface area (Å²) >= 11 is 1.98. The SMILES string of the molecule is CCc1cc2c(s1)CCOC21CCNC(c2ccnnc2)C1. The van der Waals surface area contributed by atoms with Crippen LogP contribution in [-0.4, -0.2) is 23.3 Å². The van der Waals surface area contributed by atoms with Gasteiger partial charge in [0, 0.05) is 34.8 Å². The lowest BCUT2D eigenvalue weighted by Crippen LogP contribution is -2.45. The van der Waals surface area contributed by atoms with Crippen molar-refractivity contribution in [2.45, 2.75) is 44.2 Å². The van der Waals surface area contributed by atoms with Crippen molar-refractivity contribution >= 4 is 11.3 Å². The molecule has 1 N–H and O–H groups in total. The number of thiophene rings is 1. The van der Waals surface area contributed by atoms with Gasteiger partial charge in [-0.1, -0.05) is 6.92 Å². The average Bonchev–Trinajstić information content (AvgIpc) is 3.01. The Labute approximate surface area is 134 Å². The van der Waals surface area contributed by atoms with Crippen LogP contribution in [-0.2, 0) is 23.2 Å². The fourth-order valence-corrected chi connectivity index (χ4v) is 4.90. The highest BCUT2D eigenvalue weighted by Gasteiger charge is 2.43. The first-order valence-corrected chi connectivity index (χ1v) is 8.88. The minimum absolute atomic E-state index is 0.114. The zero-order chi connectivity index (χ0) is 15.0. The molecule has 4 nitrogen and oxygen atoms in total. The Balaban J connectivity index is 1.68. The van der Waals surface area contributed by atoms with E-state index in [9.17, 15) is 0 Å². The largest absolute Gasteiger partial charge is 0.370 e. The molecule has 116 valence electrons. The summed E-state index contributed by atoms with van der Waals surface area (Å²) in [5.74, 6) is 0. The standard InChI is InChI=1S/C17H21N3OS/c1-2-13-9-14-16(22-13)4-8-21-17(14)5-7-18-15(10-17)12-3-6-19-20-11-12/h3,6,9,11,15,18H,2,4-5,7-8,10H2,1H3. The van der Waals surface area contributed by atoms with Gasteiger partial charge in [0.1, 0.15) is 0 Å². The van der Waals surface area contributed by atoms with Gasteiger partial charge >= 0.3 is 0 Å². The third-order valence-corrected chi connectivity index (χ3v) is 6.21. The van der Waals surface area contributed by atoms with Crippen molar-refractivity contribution in [3.63, 3.8) is 0 Å². The molecule has 1 spiro atoms. The Morgan fingerprint density at radius 1 is 1.45 bits per heavy atom. The molecule has 2 aromatic rings. The van der Waals surface area contributed by atoms with Crippen LogP contribution in [0.1, 0.15) is 46.7 Å². The summed E-state index contributed by atoms with van der Waals surface area (Å²) in [5.41, 5.74) is 2.54. The molecule has 22 heavy (non-hydrogen) atoms. The van der Waals surface area contributed by atoms with E-state index in [1.807, 2.05) is 17.5 Å². The zero-order valence-electron chi connectivity index (χ0n) is 12.8. The predicted octanol–water partition coefficient (Wildman–Crippen LogP) is 2.99. The summed E-state index contributed by atoms with van der Waals surface area (Å²) < 4.78 is 6.37. The van der Waals surface area contributed by atoms with Crippen LogP contribution in [0.3, 0.4) is 0 Å². The molecule has 2 aromatic heterocycles. The van der Waals surface area contributed by atoms with Gasteiger partial charge in [-0.3, -0.25) is 0 Å². The van der Waals surface area contributed by atoms with Gasteiger partial charge in [0.25, 0.3) is 0 Å². The van der Waals surface area contributed by atoms with Crippen LogP contribution < -0.4 is 5.32 Å². The molecule has 0 saturated carbocycles. The van der Waals surface area contributed by atoms with Gasteiger partial charge in [0.2, 0.25) is 0 Å². The second kappa shape index (κ2) is 5.72. The van der Waals surface area contributed by atoms with Crippen LogP contribution >= 0.6 is 11.3 Å². The molecule has 1 fully saturated rings. The minimum atomic E-state index is -0.114. The second-order valence-corrected chi connectivity index (χ2v) is 7.35. The van der Waals surface area contributed by atoms with Gasteiger partial charge in [-0.25, -0.2) is 0 Å². The van der Waals surface area contributed by atoms with Crippen molar-refractivity contribution in [3.05, 3.63) is 45.4 Å². The molecule has 4 heterocycles. The lowest BCUT2D eigenvalue weighted by Gasteiger charge is -2.44. The topological polar surface area (TPSA) is 47.0 Å². The van der Waals surface area contributed by atoms with E-state index in [1.165, 1.54) is 20.9 Å². The highest BCUT2D eigenvalue weighted by Crippen LogP contribution is 2.47. The van der Waals surface area contributed by atoms with E-state index in [2.05, 4.69) is 34.6 Å². The maximum Gasteiger partial charge on any atom is 0.0972 e. The normalized spacial score (nSPS) is 27.8. The van der Waals surface area contributed by atoms with Gasteiger partial charge < -0.3 is 10.1 Å². The molecule has 1 saturated heterocycles. The van der Waals surface area contributed by atoms with E-state index in [-0.39, 0.29) is 5.60 Å². The highest BCUT2D eigenvalue weighted by molar-refractivity contribution is 7.12. The molecule has 0 aromatic carbocycles. The summed E-state index contributed by atoms with van der Waals surface area (Å²) in [7, 11) is 0. The number of aryl methyl sites for hydroxylation is 1. The number of piperidine rings is 1. The summed E-state index contributed by atoms with van der Waals surface area (Å²) in [6.45, 7) is 4.06. The first kappa shape index (κ1) is 14.3. The molecular formula is C17H21N3OS. The van der Waals surface area contributed by atoms with Crippen molar-refractivity contribution in [1.29, 1.82) is 0 Å². The third-order valence-electron chi connectivity index (χ3n) is 4.87. The summed E-state index contributed by atoms with van der Waals surface area (Å²) in [5, 5.41) is 11.5. The van der Waals surface area contributed by atoms with Crippen LogP contribution in [0.15, 0.2) is 24.5 Å². The lowest BCUT2D eigenvalue weighted by molar-refractivity contribution is -0.0890. The molecule has 2 unspecified atom stereocenters. The average molecular weight is 315 g/mol. The van der Waals surface area contributed by atoms with Crippen LogP contribution in [0.2, 0.25) is 0 Å². The summed E-state index contributed by atoms with van der Waals surface area (Å²) in [6.07, 6.45) is 7.84. The first-order chi connectivity index (χ1) is 10.8. The number of nitrogens with one attached hydrogen (secondary N) is 1. The lowest BCUT2D eigenvalue weighted by atomic mass is 9.78. The Morgan fingerprint density at radius 3 is 3.23 bits per heavy atom. The maximum absolute atomic E-state index is 6.37. The van der Waals surface area contributed by atoms with Crippen molar-refractivity contribution < 1.29 is 4.74 Å². The quantitative estimate of drug-likeness (QED) is 0.925. The number of ether oxygens (including phenoxy) is 1. The van der Waals surface area contributed by atoms with Gasteiger partial charge in [0.05, 0.1) is 18.4 Å². The number of nitrogens with zero attached hydrogens (tertiary/aromatic N) is 2. The number of rotatable bonds is 2. The first-order valence-electron chi connectivity index (χ1n) is 8.07. The Bertz CT molecular complexity index is 657. The Kier molecular flexibility index (Phi) is 3.72. The number of fused-ring (bicyclic) bond motifs is 2. The second-order valence-electron chi connectivity index (χ2n) is 6.13. The molecule has 5 heteroatoms. The third kappa shape index (κ3) is 2.37. The number of hydrogen-bond donors (Lipinski definition) is 1. The number of aromatic nitrogens is 2. The maximum atomic E-state index is 6.37. The minimum Gasteiger partial charge on any atom is -0.370 e. The van der Waals surface area contributed by atoms with E-state index in [4.69, 9.17) is 4.74 Å². The monoisotopic (exact) mass is 315 g/mol. The highest BCUT2D eigenvalue weighted by atomic mass is 32.1. The molecule has 4 rings (SSSR count). The van der Waals surface area contributed by atoms with Crippen LogP contribution in [0.25, 0.3) is 0 Å². The molecule has 2 aliphatic rings. The number of hydrogen-bond acceptors (Lipinski definition) is 5. The van der Waals surface area contributed by atoms with Gasteiger partial charge in [-0.05, 0) is 42.6 Å². The van der Waals surface area contributed by atoms with E-state index in [0.717, 1.165) is 38.8 Å². The molecule has 2 atom stereocenters. The van der Waals surface area contributed by atoms with Crippen molar-refractivity contribution in [1.82, 2.24) is 15.5 Å². The van der Waals surface area contributed by atoms with Crippen LogP contribution in [0, 0.1) is 0 Å². The van der Waals surface area contributed by atoms with Crippen molar-refractivity contribution in [3.8, 4) is 0 Å². The molecule has 0 radical (unpaired) electrons.